The topological polar surface area (TPSA) is 51.1 Å². The van der Waals surface area contributed by atoms with Crippen molar-refractivity contribution in [3.8, 4) is 0 Å². The lowest BCUT2D eigenvalue weighted by Crippen LogP contribution is -2.20. The molecule has 1 amide bonds. The summed E-state index contributed by atoms with van der Waals surface area (Å²) >= 11 is 6.80. The molecule has 0 aliphatic rings. The molecular weight excluding hydrogens is 424 g/mol. The number of benzene rings is 2. The van der Waals surface area contributed by atoms with Gasteiger partial charge in [-0.25, -0.2) is 0 Å². The molecule has 1 heterocycles. The Hall–Kier alpha value is -1.92. The molecule has 0 atom stereocenters. The van der Waals surface area contributed by atoms with E-state index in [9.17, 15) is 9.59 Å². The van der Waals surface area contributed by atoms with Crippen LogP contribution in [0.3, 0.4) is 0 Å². The number of carbonyl (C=O) groups excluding carboxylic acids is 1. The summed E-state index contributed by atoms with van der Waals surface area (Å²) in [5.74, 6) is -0.165. The maximum atomic E-state index is 12.3. The Kier molecular flexibility index (Phi) is 4.63. The van der Waals surface area contributed by atoms with Crippen LogP contribution >= 0.6 is 31.9 Å². The van der Waals surface area contributed by atoms with Gasteiger partial charge in [0, 0.05) is 26.6 Å². The first-order chi connectivity index (χ1) is 11.0. The Balaban J connectivity index is 1.91. The maximum Gasteiger partial charge on any atom is 0.244 e. The lowest BCUT2D eigenvalue weighted by molar-refractivity contribution is -0.116. The van der Waals surface area contributed by atoms with Crippen LogP contribution in [0.4, 0.5) is 5.69 Å². The smallest absolute Gasteiger partial charge is 0.244 e. The van der Waals surface area contributed by atoms with E-state index in [0.29, 0.717) is 16.6 Å². The number of halogens is 2. The van der Waals surface area contributed by atoms with Crippen LogP contribution in [0.25, 0.3) is 10.9 Å². The number of rotatable bonds is 3. The van der Waals surface area contributed by atoms with Crippen LogP contribution in [0.2, 0.25) is 0 Å². The number of aromatic nitrogens is 1. The minimum atomic E-state index is -0.165. The summed E-state index contributed by atoms with van der Waals surface area (Å²) in [6.45, 7) is 0.120. The first-order valence-corrected chi connectivity index (χ1v) is 8.46. The van der Waals surface area contributed by atoms with Crippen molar-refractivity contribution >= 4 is 54.4 Å². The van der Waals surface area contributed by atoms with Crippen molar-refractivity contribution in [1.29, 1.82) is 0 Å². The van der Waals surface area contributed by atoms with E-state index >= 15 is 0 Å². The summed E-state index contributed by atoms with van der Waals surface area (Å²) in [6.07, 6.45) is 1.64. The van der Waals surface area contributed by atoms with Crippen molar-refractivity contribution in [3.63, 3.8) is 0 Å². The average Bonchev–Trinajstić information content (AvgIpc) is 2.52. The molecule has 1 N–H and O–H groups in total. The third kappa shape index (κ3) is 3.54. The Labute approximate surface area is 149 Å². The molecule has 0 bridgehead atoms. The van der Waals surface area contributed by atoms with E-state index in [2.05, 4.69) is 37.2 Å². The highest BCUT2D eigenvalue weighted by Crippen LogP contribution is 2.21. The third-order valence-electron chi connectivity index (χ3n) is 3.40. The Bertz CT molecular complexity index is 951. The minimum absolute atomic E-state index is 0.0602. The first-order valence-electron chi connectivity index (χ1n) is 6.88. The van der Waals surface area contributed by atoms with Crippen molar-refractivity contribution in [2.45, 2.75) is 6.54 Å². The van der Waals surface area contributed by atoms with Crippen molar-refractivity contribution in [2.24, 2.45) is 0 Å². The van der Waals surface area contributed by atoms with Crippen molar-refractivity contribution in [1.82, 2.24) is 4.57 Å². The SMILES string of the molecule is O=C(Cn1ccc(=O)c2ccc(Br)cc21)Nc1ccccc1Br. The van der Waals surface area contributed by atoms with Gasteiger partial charge in [-0.05, 0) is 46.3 Å². The van der Waals surface area contributed by atoms with Gasteiger partial charge in [0.1, 0.15) is 6.54 Å². The highest BCUT2D eigenvalue weighted by atomic mass is 79.9. The van der Waals surface area contributed by atoms with E-state index in [1.165, 1.54) is 6.07 Å². The molecule has 3 aromatic rings. The van der Waals surface area contributed by atoms with E-state index in [1.807, 2.05) is 36.4 Å². The highest BCUT2D eigenvalue weighted by Gasteiger charge is 2.09. The second-order valence-corrected chi connectivity index (χ2v) is 6.77. The van der Waals surface area contributed by atoms with Crippen LogP contribution < -0.4 is 10.7 Å². The fourth-order valence-corrected chi connectivity index (χ4v) is 3.06. The van der Waals surface area contributed by atoms with Crippen LogP contribution in [-0.4, -0.2) is 10.5 Å². The number of anilines is 1. The summed E-state index contributed by atoms with van der Waals surface area (Å²) < 4.78 is 3.43. The number of nitrogens with zero attached hydrogens (tertiary/aromatic N) is 1. The van der Waals surface area contributed by atoms with Gasteiger partial charge in [0.25, 0.3) is 0 Å². The monoisotopic (exact) mass is 434 g/mol. The lowest BCUT2D eigenvalue weighted by Gasteiger charge is -2.12. The Morgan fingerprint density at radius 3 is 2.65 bits per heavy atom. The zero-order chi connectivity index (χ0) is 16.4. The molecule has 6 heteroatoms. The summed E-state index contributed by atoms with van der Waals surface area (Å²) in [4.78, 5) is 24.2. The summed E-state index contributed by atoms with van der Waals surface area (Å²) in [5, 5.41) is 3.44. The third-order valence-corrected chi connectivity index (χ3v) is 4.59. The zero-order valence-corrected chi connectivity index (χ0v) is 15.1. The van der Waals surface area contributed by atoms with Crippen LogP contribution in [0.15, 0.2) is 68.5 Å². The molecule has 116 valence electrons. The maximum absolute atomic E-state index is 12.3. The van der Waals surface area contributed by atoms with Crippen LogP contribution in [0.1, 0.15) is 0 Å². The number of fused-ring (bicyclic) bond motifs is 1. The Morgan fingerprint density at radius 2 is 1.87 bits per heavy atom. The molecule has 23 heavy (non-hydrogen) atoms. The predicted molar refractivity (Wildman–Crippen MR) is 98.7 cm³/mol. The van der Waals surface area contributed by atoms with Crippen molar-refractivity contribution in [2.75, 3.05) is 5.32 Å². The molecule has 0 spiro atoms. The number of hydrogen-bond acceptors (Lipinski definition) is 2. The molecule has 0 radical (unpaired) electrons. The van der Waals surface area contributed by atoms with E-state index in [1.54, 1.807) is 16.8 Å². The fourth-order valence-electron chi connectivity index (χ4n) is 2.32. The number of nitrogens with one attached hydrogen (secondary N) is 1. The van der Waals surface area contributed by atoms with Gasteiger partial charge in [-0.3, -0.25) is 9.59 Å². The minimum Gasteiger partial charge on any atom is -0.338 e. The molecule has 4 nitrogen and oxygen atoms in total. The lowest BCUT2D eigenvalue weighted by atomic mass is 10.2. The molecule has 0 saturated carbocycles. The predicted octanol–water partition coefficient (Wildman–Crippen LogP) is 4.17. The number of amides is 1. The molecule has 0 unspecified atom stereocenters. The second-order valence-electron chi connectivity index (χ2n) is 5.00. The van der Waals surface area contributed by atoms with E-state index in [-0.39, 0.29) is 17.9 Å². The van der Waals surface area contributed by atoms with Gasteiger partial charge in [-0.2, -0.15) is 0 Å². The molecular formula is C17H12Br2N2O2. The number of pyridine rings is 1. The second kappa shape index (κ2) is 6.68. The quantitative estimate of drug-likeness (QED) is 0.671. The zero-order valence-electron chi connectivity index (χ0n) is 11.9. The average molecular weight is 436 g/mol. The summed E-state index contributed by atoms with van der Waals surface area (Å²) in [5.41, 5.74) is 1.37. The van der Waals surface area contributed by atoms with Gasteiger partial charge in [0.15, 0.2) is 5.43 Å². The van der Waals surface area contributed by atoms with Crippen LogP contribution in [0.5, 0.6) is 0 Å². The van der Waals surface area contributed by atoms with Crippen molar-refractivity contribution in [3.05, 3.63) is 73.9 Å². The van der Waals surface area contributed by atoms with Gasteiger partial charge in [0.05, 0.1) is 11.2 Å². The van der Waals surface area contributed by atoms with Gasteiger partial charge < -0.3 is 9.88 Å². The molecule has 0 fully saturated rings. The van der Waals surface area contributed by atoms with Crippen LogP contribution in [0, 0.1) is 0 Å². The first kappa shape index (κ1) is 16.0. The van der Waals surface area contributed by atoms with Crippen LogP contribution in [-0.2, 0) is 11.3 Å². The summed E-state index contributed by atoms with van der Waals surface area (Å²) in [6, 6.07) is 14.3. The van der Waals surface area contributed by atoms with Gasteiger partial charge in [-0.1, -0.05) is 28.1 Å². The highest BCUT2D eigenvalue weighted by molar-refractivity contribution is 9.10. The largest absolute Gasteiger partial charge is 0.338 e. The van der Waals surface area contributed by atoms with Gasteiger partial charge in [0.2, 0.25) is 5.91 Å². The molecule has 0 aliphatic heterocycles. The standard InChI is InChI=1S/C17H12Br2N2O2/c18-11-5-6-12-15(9-11)21(8-7-16(12)22)10-17(23)20-14-4-2-1-3-13(14)19/h1-9H,10H2,(H,20,23). The van der Waals surface area contributed by atoms with Crippen molar-refractivity contribution < 1.29 is 4.79 Å². The molecule has 3 rings (SSSR count). The van der Waals surface area contributed by atoms with E-state index < -0.39 is 0 Å². The van der Waals surface area contributed by atoms with E-state index in [4.69, 9.17) is 0 Å². The van der Waals surface area contributed by atoms with Gasteiger partial charge >= 0.3 is 0 Å². The van der Waals surface area contributed by atoms with E-state index in [0.717, 1.165) is 8.95 Å². The Morgan fingerprint density at radius 1 is 1.09 bits per heavy atom. The number of hydrogen-bond donors (Lipinski definition) is 1. The number of carbonyl (C=O) groups is 1. The van der Waals surface area contributed by atoms with Gasteiger partial charge in [-0.15, -0.1) is 0 Å². The normalized spacial score (nSPS) is 10.7. The summed E-state index contributed by atoms with van der Waals surface area (Å²) in [7, 11) is 0. The molecule has 0 saturated heterocycles. The molecule has 1 aromatic heterocycles. The molecule has 2 aromatic carbocycles. The number of para-hydroxylation sites is 1. The molecule has 0 aliphatic carbocycles. The fraction of sp³-hybridized carbons (Fsp3) is 0.0588.